The topological polar surface area (TPSA) is 69.9 Å². The summed E-state index contributed by atoms with van der Waals surface area (Å²) in [5, 5.41) is 29.3. The molecule has 0 atom stereocenters. The van der Waals surface area contributed by atoms with E-state index in [4.69, 9.17) is 4.74 Å². The molecule has 158 valence electrons. The molecule has 0 fully saturated rings. The van der Waals surface area contributed by atoms with Gasteiger partial charge in [-0.2, -0.15) is 0 Å². The number of aliphatic hydroxyl groups excluding tert-OH is 1. The summed E-state index contributed by atoms with van der Waals surface area (Å²) in [5.41, 5.74) is 4.33. The summed E-state index contributed by atoms with van der Waals surface area (Å²) >= 11 is 0. The van der Waals surface area contributed by atoms with Crippen LogP contribution in [0, 0.1) is 0 Å². The van der Waals surface area contributed by atoms with E-state index in [1.54, 1.807) is 19.2 Å². The number of hydrogen-bond donors (Lipinski definition) is 3. The van der Waals surface area contributed by atoms with Gasteiger partial charge in [0.25, 0.3) is 0 Å². The fourth-order valence-electron chi connectivity index (χ4n) is 3.80. The minimum absolute atomic E-state index is 0.110. The third-order valence-corrected chi connectivity index (χ3v) is 6.20. The van der Waals surface area contributed by atoms with Crippen LogP contribution in [0.5, 0.6) is 17.2 Å². The van der Waals surface area contributed by atoms with Crippen LogP contribution < -0.4 is 4.74 Å². The van der Waals surface area contributed by atoms with Gasteiger partial charge in [0.05, 0.1) is 13.7 Å². The highest BCUT2D eigenvalue weighted by Crippen LogP contribution is 2.39. The van der Waals surface area contributed by atoms with Crippen LogP contribution in [0.25, 0.3) is 0 Å². The molecule has 0 heterocycles. The average Bonchev–Trinajstić information content (AvgIpc) is 2.74. The van der Waals surface area contributed by atoms with Crippen LogP contribution in [-0.2, 0) is 17.4 Å². The first-order valence-corrected chi connectivity index (χ1v) is 10.0. The summed E-state index contributed by atoms with van der Waals surface area (Å²) in [4.78, 5) is 0. The lowest BCUT2D eigenvalue weighted by Crippen LogP contribution is -2.21. The Labute approximate surface area is 178 Å². The van der Waals surface area contributed by atoms with Gasteiger partial charge in [-0.1, -0.05) is 64.1 Å². The quantitative estimate of drug-likeness (QED) is 0.523. The molecule has 3 rings (SSSR count). The molecule has 0 unspecified atom stereocenters. The Kier molecular flexibility index (Phi) is 5.82. The molecule has 0 bridgehead atoms. The lowest BCUT2D eigenvalue weighted by atomic mass is 9.74. The van der Waals surface area contributed by atoms with Gasteiger partial charge < -0.3 is 20.1 Å². The number of phenolic OH excluding ortho intramolecular Hbond substituents is 1. The Morgan fingerprint density at radius 1 is 0.667 bits per heavy atom. The molecule has 0 aromatic heterocycles. The first-order chi connectivity index (χ1) is 14.1. The Balaban J connectivity index is 1.95. The van der Waals surface area contributed by atoms with Gasteiger partial charge in [-0.15, -0.1) is 0 Å². The average molecular weight is 407 g/mol. The fraction of sp³-hybridized carbons (Fsp3) is 0.308. The number of aromatic hydroxyl groups is 2. The van der Waals surface area contributed by atoms with Crippen LogP contribution in [-0.4, -0.2) is 22.4 Å². The van der Waals surface area contributed by atoms with Crippen molar-refractivity contribution in [1.82, 2.24) is 0 Å². The predicted octanol–water partition coefficient (Wildman–Crippen LogP) is 5.25. The summed E-state index contributed by atoms with van der Waals surface area (Å²) in [7, 11) is 1.55. The van der Waals surface area contributed by atoms with Gasteiger partial charge in [0.1, 0.15) is 5.75 Å². The number of benzene rings is 3. The molecule has 30 heavy (non-hydrogen) atoms. The highest BCUT2D eigenvalue weighted by Gasteiger charge is 2.27. The van der Waals surface area contributed by atoms with Crippen LogP contribution in [0.4, 0.5) is 0 Å². The number of methoxy groups -OCH3 is 1. The molecule has 0 aliphatic carbocycles. The van der Waals surface area contributed by atoms with Crippen molar-refractivity contribution in [1.29, 1.82) is 0 Å². The van der Waals surface area contributed by atoms with Gasteiger partial charge in [0.2, 0.25) is 0 Å². The number of aliphatic hydroxyl groups is 1. The molecule has 4 heteroatoms. The van der Waals surface area contributed by atoms with Gasteiger partial charge in [0, 0.05) is 16.4 Å². The third kappa shape index (κ3) is 3.88. The van der Waals surface area contributed by atoms with E-state index >= 15 is 0 Å². The Bertz CT molecular complexity index is 949. The second kappa shape index (κ2) is 8.04. The normalized spacial score (nSPS) is 12.1. The molecule has 0 saturated heterocycles. The van der Waals surface area contributed by atoms with Crippen LogP contribution >= 0.6 is 0 Å². The zero-order chi connectivity index (χ0) is 22.1. The monoisotopic (exact) mass is 406 g/mol. The first-order valence-electron chi connectivity index (χ1n) is 10.0. The summed E-state index contributed by atoms with van der Waals surface area (Å²) < 4.78 is 5.27. The maximum absolute atomic E-state index is 9.90. The maximum atomic E-state index is 9.90. The SMILES string of the molecule is COc1cc(C(C)(C)c2ccc(C(C)(C)c3ccc(O)c(CO)c3)cc2)ccc1O. The van der Waals surface area contributed by atoms with E-state index in [1.165, 1.54) is 0 Å². The van der Waals surface area contributed by atoms with Crippen molar-refractivity contribution in [3.63, 3.8) is 0 Å². The molecule has 0 spiro atoms. The molecule has 3 aromatic rings. The predicted molar refractivity (Wildman–Crippen MR) is 119 cm³/mol. The van der Waals surface area contributed by atoms with E-state index in [0.717, 1.165) is 22.3 Å². The zero-order valence-corrected chi connectivity index (χ0v) is 18.2. The van der Waals surface area contributed by atoms with E-state index in [9.17, 15) is 15.3 Å². The molecule has 4 nitrogen and oxygen atoms in total. The Hall–Kier alpha value is -2.98. The molecule has 3 N–H and O–H groups in total. The van der Waals surface area contributed by atoms with E-state index in [2.05, 4.69) is 52.0 Å². The largest absolute Gasteiger partial charge is 0.508 e. The summed E-state index contributed by atoms with van der Waals surface area (Å²) in [6.07, 6.45) is 0. The number of hydrogen-bond acceptors (Lipinski definition) is 4. The van der Waals surface area contributed by atoms with Gasteiger partial charge >= 0.3 is 0 Å². The van der Waals surface area contributed by atoms with Gasteiger partial charge in [-0.25, -0.2) is 0 Å². The minimum atomic E-state index is -0.290. The van der Waals surface area contributed by atoms with Crippen molar-refractivity contribution >= 4 is 0 Å². The third-order valence-electron chi connectivity index (χ3n) is 6.20. The molecule has 0 aliphatic rings. The number of phenols is 2. The molecule has 3 aromatic carbocycles. The highest BCUT2D eigenvalue weighted by molar-refractivity contribution is 5.49. The van der Waals surface area contributed by atoms with Crippen LogP contribution in [0.3, 0.4) is 0 Å². The summed E-state index contributed by atoms with van der Waals surface area (Å²) in [6.45, 7) is 8.36. The van der Waals surface area contributed by atoms with Crippen molar-refractivity contribution < 1.29 is 20.1 Å². The lowest BCUT2D eigenvalue weighted by Gasteiger charge is -2.30. The van der Waals surface area contributed by atoms with E-state index < -0.39 is 0 Å². The summed E-state index contributed by atoms with van der Waals surface area (Å²) in [6, 6.07) is 19.4. The molecular formula is C26H30O4. The first kappa shape index (κ1) is 21.7. The second-order valence-electron chi connectivity index (χ2n) is 8.72. The maximum Gasteiger partial charge on any atom is 0.160 e. The molecule has 0 radical (unpaired) electrons. The minimum Gasteiger partial charge on any atom is -0.508 e. The Morgan fingerprint density at radius 3 is 1.57 bits per heavy atom. The number of ether oxygens (including phenoxy) is 1. The van der Waals surface area contributed by atoms with Crippen molar-refractivity contribution in [2.75, 3.05) is 7.11 Å². The highest BCUT2D eigenvalue weighted by atomic mass is 16.5. The molecular weight excluding hydrogens is 376 g/mol. The lowest BCUT2D eigenvalue weighted by molar-refractivity contribution is 0.275. The van der Waals surface area contributed by atoms with Crippen LogP contribution in [0.1, 0.15) is 55.5 Å². The number of rotatable bonds is 6. The van der Waals surface area contributed by atoms with Crippen molar-refractivity contribution in [2.24, 2.45) is 0 Å². The Morgan fingerprint density at radius 2 is 1.10 bits per heavy atom. The van der Waals surface area contributed by atoms with Crippen LogP contribution in [0.2, 0.25) is 0 Å². The summed E-state index contributed by atoms with van der Waals surface area (Å²) in [5.74, 6) is 0.703. The zero-order valence-electron chi connectivity index (χ0n) is 18.2. The molecule has 0 saturated carbocycles. The molecule has 0 aliphatic heterocycles. The van der Waals surface area contributed by atoms with E-state index in [0.29, 0.717) is 11.3 Å². The van der Waals surface area contributed by atoms with Crippen LogP contribution in [0.15, 0.2) is 60.7 Å². The molecule has 0 amide bonds. The fourth-order valence-corrected chi connectivity index (χ4v) is 3.80. The van der Waals surface area contributed by atoms with E-state index in [-0.39, 0.29) is 28.9 Å². The van der Waals surface area contributed by atoms with Gasteiger partial charge in [-0.3, -0.25) is 0 Å². The van der Waals surface area contributed by atoms with Crippen molar-refractivity contribution in [3.05, 3.63) is 88.5 Å². The second-order valence-corrected chi connectivity index (χ2v) is 8.72. The van der Waals surface area contributed by atoms with Crippen molar-refractivity contribution in [2.45, 2.75) is 45.1 Å². The standard InChI is InChI=1S/C26H30O4/c1-25(2,20-10-12-22(28)17(14-20)16-27)18-6-8-19(9-7-18)26(3,4)21-11-13-23(29)24(15-21)30-5/h6-15,27-29H,16H2,1-5H3. The van der Waals surface area contributed by atoms with E-state index in [1.807, 2.05) is 24.3 Å². The smallest absolute Gasteiger partial charge is 0.160 e. The van der Waals surface area contributed by atoms with Gasteiger partial charge in [0.15, 0.2) is 11.5 Å². The van der Waals surface area contributed by atoms with Crippen molar-refractivity contribution in [3.8, 4) is 17.2 Å². The van der Waals surface area contributed by atoms with Gasteiger partial charge in [-0.05, 0) is 46.5 Å².